The summed E-state index contributed by atoms with van der Waals surface area (Å²) in [6.07, 6.45) is -0.748. The molecule has 2 heterocycles. The number of furan rings is 1. The first-order chi connectivity index (χ1) is 12.2. The van der Waals surface area contributed by atoms with Crippen molar-refractivity contribution in [2.45, 2.75) is 13.0 Å². The van der Waals surface area contributed by atoms with Crippen molar-refractivity contribution in [2.24, 2.45) is 5.10 Å². The Hall–Kier alpha value is -3.28. The number of ether oxygens (including phenoxy) is 2. The largest absolute Gasteiger partial charge is 0.485 e. The zero-order valence-electron chi connectivity index (χ0n) is 13.6. The highest BCUT2D eigenvalue weighted by Gasteiger charge is 2.27. The van der Waals surface area contributed by atoms with Crippen LogP contribution in [0.3, 0.4) is 0 Å². The van der Waals surface area contributed by atoms with Crippen molar-refractivity contribution in [1.82, 2.24) is 5.43 Å². The fourth-order valence-corrected chi connectivity index (χ4v) is 2.57. The van der Waals surface area contributed by atoms with Gasteiger partial charge in [-0.25, -0.2) is 5.43 Å². The summed E-state index contributed by atoms with van der Waals surface area (Å²) in [5, 5.41) is 5.09. The smallest absolute Gasteiger partial charge is 0.284 e. The number of amides is 1. The molecule has 0 aliphatic carbocycles. The van der Waals surface area contributed by atoms with Gasteiger partial charge in [0.1, 0.15) is 17.9 Å². The van der Waals surface area contributed by atoms with Gasteiger partial charge in [0, 0.05) is 5.39 Å². The molecule has 0 saturated carbocycles. The van der Waals surface area contributed by atoms with Gasteiger partial charge in [-0.05, 0) is 31.2 Å². The number of para-hydroxylation sites is 3. The van der Waals surface area contributed by atoms with E-state index in [4.69, 9.17) is 13.9 Å². The van der Waals surface area contributed by atoms with Gasteiger partial charge in [0.2, 0.25) is 6.10 Å². The number of fused-ring (bicyclic) bond motifs is 2. The van der Waals surface area contributed by atoms with E-state index in [0.29, 0.717) is 23.0 Å². The number of nitrogens with one attached hydrogen (secondary N) is 1. The average Bonchev–Trinajstić information content (AvgIpc) is 3.09. The molecule has 1 atom stereocenters. The third-order valence-corrected chi connectivity index (χ3v) is 3.92. The van der Waals surface area contributed by atoms with Crippen molar-refractivity contribution in [1.29, 1.82) is 0 Å². The highest BCUT2D eigenvalue weighted by Crippen LogP contribution is 2.30. The van der Waals surface area contributed by atoms with Crippen LogP contribution in [0.5, 0.6) is 11.5 Å². The molecule has 0 bridgehead atoms. The van der Waals surface area contributed by atoms with Crippen molar-refractivity contribution in [2.75, 3.05) is 6.61 Å². The lowest BCUT2D eigenvalue weighted by molar-refractivity contribution is -0.130. The fraction of sp³-hybridized carbons (Fsp3) is 0.158. The van der Waals surface area contributed by atoms with Gasteiger partial charge in [0.25, 0.3) is 5.91 Å². The molecule has 1 N–H and O–H groups in total. The maximum atomic E-state index is 12.3. The highest BCUT2D eigenvalue weighted by atomic mass is 16.6. The van der Waals surface area contributed by atoms with Crippen LogP contribution in [-0.4, -0.2) is 24.3 Å². The molecule has 0 spiro atoms. The zero-order valence-corrected chi connectivity index (χ0v) is 13.6. The lowest BCUT2D eigenvalue weighted by Gasteiger charge is -2.24. The van der Waals surface area contributed by atoms with Crippen LogP contribution in [0.2, 0.25) is 0 Å². The third-order valence-electron chi connectivity index (χ3n) is 3.92. The third kappa shape index (κ3) is 3.06. The summed E-state index contributed by atoms with van der Waals surface area (Å²) < 4.78 is 16.9. The van der Waals surface area contributed by atoms with E-state index >= 15 is 0 Å². The minimum atomic E-state index is -0.748. The molecule has 25 heavy (non-hydrogen) atoms. The number of nitrogens with zero attached hydrogens (tertiary/aromatic N) is 1. The molecule has 3 aromatic rings. The summed E-state index contributed by atoms with van der Waals surface area (Å²) in [5.74, 6) is 1.41. The van der Waals surface area contributed by atoms with E-state index in [0.717, 1.165) is 11.0 Å². The molecule has 1 aliphatic rings. The van der Waals surface area contributed by atoms with Crippen LogP contribution in [0.4, 0.5) is 0 Å². The molecule has 0 unspecified atom stereocenters. The van der Waals surface area contributed by atoms with Gasteiger partial charge < -0.3 is 13.9 Å². The van der Waals surface area contributed by atoms with Gasteiger partial charge in [-0.1, -0.05) is 30.3 Å². The van der Waals surface area contributed by atoms with E-state index in [9.17, 15) is 4.79 Å². The number of hydrogen-bond acceptors (Lipinski definition) is 5. The predicted molar refractivity (Wildman–Crippen MR) is 92.9 cm³/mol. The fourth-order valence-electron chi connectivity index (χ4n) is 2.57. The van der Waals surface area contributed by atoms with Crippen molar-refractivity contribution in [3.63, 3.8) is 0 Å². The number of carbonyl (C=O) groups excluding carboxylic acids is 1. The van der Waals surface area contributed by atoms with Crippen LogP contribution in [0.15, 0.2) is 64.1 Å². The number of carbonyl (C=O) groups is 1. The molecule has 1 aliphatic heterocycles. The van der Waals surface area contributed by atoms with Crippen LogP contribution >= 0.6 is 0 Å². The Morgan fingerprint density at radius 2 is 1.88 bits per heavy atom. The molecule has 6 nitrogen and oxygen atoms in total. The van der Waals surface area contributed by atoms with Crippen molar-refractivity contribution in [3.05, 3.63) is 60.4 Å². The molecule has 4 rings (SSSR count). The number of rotatable bonds is 3. The maximum absolute atomic E-state index is 12.3. The molecule has 1 amide bonds. The second-order valence-electron chi connectivity index (χ2n) is 5.69. The number of hydrazone groups is 1. The molecule has 0 radical (unpaired) electrons. The maximum Gasteiger partial charge on any atom is 0.284 e. The Balaban J connectivity index is 1.45. The normalized spacial score (nSPS) is 16.7. The molecule has 2 aromatic carbocycles. The molecular formula is C19H16N2O4. The van der Waals surface area contributed by atoms with Crippen LogP contribution in [-0.2, 0) is 4.79 Å². The molecular weight excluding hydrogens is 320 g/mol. The van der Waals surface area contributed by atoms with Gasteiger partial charge in [-0.15, -0.1) is 0 Å². The summed E-state index contributed by atoms with van der Waals surface area (Å²) in [5.41, 5.74) is 3.86. The Kier molecular flexibility index (Phi) is 3.85. The second-order valence-corrected chi connectivity index (χ2v) is 5.69. The quantitative estimate of drug-likeness (QED) is 0.589. The first-order valence-electron chi connectivity index (χ1n) is 7.92. The van der Waals surface area contributed by atoms with Crippen molar-refractivity contribution >= 4 is 22.6 Å². The van der Waals surface area contributed by atoms with E-state index in [2.05, 4.69) is 10.5 Å². The molecule has 0 fully saturated rings. The molecule has 6 heteroatoms. The summed E-state index contributed by atoms with van der Waals surface area (Å²) in [6, 6.07) is 16.8. The lowest BCUT2D eigenvalue weighted by atomic mass is 10.2. The van der Waals surface area contributed by atoms with E-state index in [1.807, 2.05) is 42.5 Å². The van der Waals surface area contributed by atoms with Gasteiger partial charge in [0.05, 0.1) is 0 Å². The molecule has 0 saturated heterocycles. The van der Waals surface area contributed by atoms with Crippen molar-refractivity contribution in [3.8, 4) is 11.5 Å². The lowest BCUT2D eigenvalue weighted by Crippen LogP contribution is -2.42. The first-order valence-corrected chi connectivity index (χ1v) is 7.92. The summed E-state index contributed by atoms with van der Waals surface area (Å²) >= 11 is 0. The first kappa shape index (κ1) is 15.3. The number of benzene rings is 2. The second kappa shape index (κ2) is 6.32. The van der Waals surface area contributed by atoms with Gasteiger partial charge >= 0.3 is 0 Å². The van der Waals surface area contributed by atoms with Crippen LogP contribution in [0.1, 0.15) is 12.7 Å². The van der Waals surface area contributed by atoms with Crippen molar-refractivity contribution < 1.29 is 18.7 Å². The number of hydrogen-bond donors (Lipinski definition) is 1. The summed E-state index contributed by atoms with van der Waals surface area (Å²) in [6.45, 7) is 1.91. The van der Waals surface area contributed by atoms with E-state index in [1.54, 1.807) is 19.1 Å². The Bertz CT molecular complexity index is 928. The average molecular weight is 336 g/mol. The van der Waals surface area contributed by atoms with E-state index in [1.165, 1.54) is 0 Å². The van der Waals surface area contributed by atoms with Crippen LogP contribution < -0.4 is 14.9 Å². The van der Waals surface area contributed by atoms with E-state index in [-0.39, 0.29) is 12.5 Å². The summed E-state index contributed by atoms with van der Waals surface area (Å²) in [4.78, 5) is 12.3. The van der Waals surface area contributed by atoms with Crippen LogP contribution in [0.25, 0.3) is 11.0 Å². The Labute approximate surface area is 144 Å². The summed E-state index contributed by atoms with van der Waals surface area (Å²) in [7, 11) is 0. The van der Waals surface area contributed by atoms with Crippen LogP contribution in [0, 0.1) is 0 Å². The Morgan fingerprint density at radius 1 is 1.12 bits per heavy atom. The van der Waals surface area contributed by atoms with Gasteiger partial charge in [-0.3, -0.25) is 4.79 Å². The monoisotopic (exact) mass is 336 g/mol. The molecule has 126 valence electrons. The minimum absolute atomic E-state index is 0.141. The minimum Gasteiger partial charge on any atom is -0.485 e. The standard InChI is InChI=1S/C19H16N2O4/c1-12(17-10-13-6-2-3-7-14(13)24-17)20-21-19(22)18-11-23-15-8-4-5-9-16(15)25-18/h2-10,18H,11H2,1H3,(H,21,22)/b20-12-/t18-/m1/s1. The SMILES string of the molecule is C/C(=N/NC(=O)[C@H]1COc2ccccc2O1)c1cc2ccccc2o1. The highest BCUT2D eigenvalue weighted by molar-refractivity contribution is 6.00. The molecule has 1 aromatic heterocycles. The van der Waals surface area contributed by atoms with Gasteiger partial charge in [0.15, 0.2) is 17.3 Å². The predicted octanol–water partition coefficient (Wildman–Crippen LogP) is 3.11. The zero-order chi connectivity index (χ0) is 17.2. The topological polar surface area (TPSA) is 73.1 Å². The van der Waals surface area contributed by atoms with E-state index < -0.39 is 6.10 Å². The van der Waals surface area contributed by atoms with Gasteiger partial charge in [-0.2, -0.15) is 5.10 Å². The Morgan fingerprint density at radius 3 is 2.72 bits per heavy atom.